The number of allylic oxidation sites excluding steroid dienone is 4. The Balaban J connectivity index is 4.34. The Bertz CT molecular complexity index is 190. The van der Waals surface area contributed by atoms with E-state index in [0.29, 0.717) is 5.92 Å². The van der Waals surface area contributed by atoms with Crippen LogP contribution in [0.5, 0.6) is 0 Å². The van der Waals surface area contributed by atoms with Crippen molar-refractivity contribution in [3.63, 3.8) is 0 Å². The highest BCUT2D eigenvalue weighted by atomic mass is 16.2. The van der Waals surface area contributed by atoms with Gasteiger partial charge in [0.1, 0.15) is 0 Å². The van der Waals surface area contributed by atoms with Gasteiger partial charge in [-0.1, -0.05) is 32.6 Å². The summed E-state index contributed by atoms with van der Waals surface area (Å²) in [6.45, 7) is 7.66. The molecule has 0 fully saturated rings. The van der Waals surface area contributed by atoms with Crippen molar-refractivity contribution >= 4 is 0 Å². The van der Waals surface area contributed by atoms with Gasteiger partial charge in [-0.05, 0) is 22.7 Å². The predicted molar refractivity (Wildman–Crippen MR) is 48.1 cm³/mol. The van der Waals surface area contributed by atoms with E-state index < -0.39 is 0 Å². The summed E-state index contributed by atoms with van der Waals surface area (Å²) in [6, 6.07) is 0. The summed E-state index contributed by atoms with van der Waals surface area (Å²) in [5.74, 6) is 0.394. The maximum atomic E-state index is 9.75. The summed E-state index contributed by atoms with van der Waals surface area (Å²) in [5.41, 5.74) is 1.06. The Morgan fingerprint density at radius 3 is 2.55 bits per heavy atom. The Morgan fingerprint density at radius 1 is 1.55 bits per heavy atom. The molecule has 2 heteroatoms. The van der Waals surface area contributed by atoms with Gasteiger partial charge >= 0.3 is 0 Å². The van der Waals surface area contributed by atoms with Gasteiger partial charge in [0.15, 0.2) is 0 Å². The van der Waals surface area contributed by atoms with E-state index in [-0.39, 0.29) is 0 Å². The van der Waals surface area contributed by atoms with E-state index >= 15 is 0 Å². The van der Waals surface area contributed by atoms with Crippen molar-refractivity contribution in [3.05, 3.63) is 41.5 Å². The quantitative estimate of drug-likeness (QED) is 0.448. The van der Waals surface area contributed by atoms with Crippen molar-refractivity contribution in [3.8, 4) is 0 Å². The standard InChI is InChI=1S/C9H13NO/c1-4-5-9(8(2)3)6-7-10-11/h4-8H,1H2,2-3H3/b7-6-,9-5+. The van der Waals surface area contributed by atoms with Crippen molar-refractivity contribution < 1.29 is 0 Å². The molecule has 0 spiro atoms. The largest absolute Gasteiger partial charge is 0.145 e. The number of hydrogen-bond acceptors (Lipinski definition) is 2. The van der Waals surface area contributed by atoms with Crippen LogP contribution in [0, 0.1) is 10.8 Å². The third-order valence-corrected chi connectivity index (χ3v) is 1.30. The summed E-state index contributed by atoms with van der Waals surface area (Å²) in [6.07, 6.45) is 6.51. The van der Waals surface area contributed by atoms with Gasteiger partial charge in [0, 0.05) is 0 Å². The lowest BCUT2D eigenvalue weighted by molar-refractivity contribution is 0.791. The number of nitroso groups, excluding NO2 is 1. The zero-order chi connectivity index (χ0) is 8.69. The molecular weight excluding hydrogens is 138 g/mol. The molecule has 0 aromatic rings. The highest BCUT2D eigenvalue weighted by molar-refractivity contribution is 5.24. The molecule has 0 amide bonds. The van der Waals surface area contributed by atoms with Gasteiger partial charge in [0.05, 0.1) is 6.20 Å². The van der Waals surface area contributed by atoms with E-state index in [1.54, 1.807) is 12.2 Å². The second-order valence-electron chi connectivity index (χ2n) is 2.48. The third kappa shape index (κ3) is 4.25. The van der Waals surface area contributed by atoms with E-state index in [9.17, 15) is 4.91 Å². The summed E-state index contributed by atoms with van der Waals surface area (Å²) in [5, 5.41) is 2.63. The molecule has 0 atom stereocenters. The van der Waals surface area contributed by atoms with Crippen LogP contribution in [0.15, 0.2) is 41.8 Å². The van der Waals surface area contributed by atoms with Crippen molar-refractivity contribution in [2.45, 2.75) is 13.8 Å². The molecule has 0 aliphatic carbocycles. The van der Waals surface area contributed by atoms with Crippen molar-refractivity contribution in [2.24, 2.45) is 11.1 Å². The highest BCUT2D eigenvalue weighted by Crippen LogP contribution is 2.10. The van der Waals surface area contributed by atoms with Crippen LogP contribution in [0.2, 0.25) is 0 Å². The molecule has 0 N–H and O–H groups in total. The van der Waals surface area contributed by atoms with Gasteiger partial charge in [-0.25, -0.2) is 0 Å². The molecule has 0 aromatic carbocycles. The molecule has 0 aliphatic heterocycles. The van der Waals surface area contributed by atoms with Gasteiger partial charge in [-0.2, -0.15) is 0 Å². The van der Waals surface area contributed by atoms with E-state index in [2.05, 4.69) is 11.8 Å². The first-order valence-electron chi connectivity index (χ1n) is 3.54. The van der Waals surface area contributed by atoms with Crippen LogP contribution < -0.4 is 0 Å². The minimum absolute atomic E-state index is 0.394. The lowest BCUT2D eigenvalue weighted by Crippen LogP contribution is -1.88. The molecule has 60 valence electrons. The second-order valence-corrected chi connectivity index (χ2v) is 2.48. The van der Waals surface area contributed by atoms with Gasteiger partial charge in [-0.15, -0.1) is 4.91 Å². The molecule has 0 bridgehead atoms. The van der Waals surface area contributed by atoms with Gasteiger partial charge < -0.3 is 0 Å². The summed E-state index contributed by atoms with van der Waals surface area (Å²) >= 11 is 0. The number of rotatable bonds is 4. The van der Waals surface area contributed by atoms with Crippen LogP contribution in [0.1, 0.15) is 13.8 Å². The van der Waals surface area contributed by atoms with Crippen LogP contribution in [0.25, 0.3) is 0 Å². The zero-order valence-electron chi connectivity index (χ0n) is 6.95. The first-order chi connectivity index (χ1) is 5.22. The molecule has 0 aromatic heterocycles. The summed E-state index contributed by atoms with van der Waals surface area (Å²) < 4.78 is 0. The molecule has 0 saturated heterocycles. The van der Waals surface area contributed by atoms with Crippen molar-refractivity contribution in [2.75, 3.05) is 0 Å². The van der Waals surface area contributed by atoms with Crippen LogP contribution in [-0.2, 0) is 0 Å². The first-order valence-corrected chi connectivity index (χ1v) is 3.54. The fourth-order valence-electron chi connectivity index (χ4n) is 0.693. The molecule has 0 heterocycles. The number of nitrogens with zero attached hydrogens (tertiary/aromatic N) is 1. The topological polar surface area (TPSA) is 29.4 Å². The smallest absolute Gasteiger partial charge is 0.0717 e. The molecule has 0 rings (SSSR count). The van der Waals surface area contributed by atoms with Crippen molar-refractivity contribution in [1.82, 2.24) is 0 Å². The maximum absolute atomic E-state index is 9.75. The molecular formula is C9H13NO. The Kier molecular flexibility index (Phi) is 4.99. The zero-order valence-corrected chi connectivity index (χ0v) is 6.95. The van der Waals surface area contributed by atoms with E-state index in [0.717, 1.165) is 5.57 Å². The monoisotopic (exact) mass is 151 g/mol. The average Bonchev–Trinajstić information content (AvgIpc) is 1.97. The normalized spacial score (nSPS) is 12.5. The lowest BCUT2D eigenvalue weighted by Gasteiger charge is -2.02. The van der Waals surface area contributed by atoms with Crippen LogP contribution in [-0.4, -0.2) is 0 Å². The van der Waals surface area contributed by atoms with Gasteiger partial charge in [0.2, 0.25) is 0 Å². The molecule has 11 heavy (non-hydrogen) atoms. The first kappa shape index (κ1) is 9.82. The Morgan fingerprint density at radius 2 is 2.18 bits per heavy atom. The molecule has 0 unspecified atom stereocenters. The molecule has 0 saturated carbocycles. The fourth-order valence-corrected chi connectivity index (χ4v) is 0.693. The van der Waals surface area contributed by atoms with Crippen LogP contribution in [0.4, 0.5) is 0 Å². The minimum atomic E-state index is 0.394. The van der Waals surface area contributed by atoms with E-state index in [1.807, 2.05) is 19.9 Å². The summed E-state index contributed by atoms with van der Waals surface area (Å²) in [4.78, 5) is 9.75. The fraction of sp³-hybridized carbons (Fsp3) is 0.333. The molecule has 0 radical (unpaired) electrons. The van der Waals surface area contributed by atoms with Gasteiger partial charge in [0.25, 0.3) is 0 Å². The Labute approximate surface area is 67.3 Å². The molecule has 2 nitrogen and oxygen atoms in total. The Hall–Kier alpha value is -1.18. The lowest BCUT2D eigenvalue weighted by atomic mass is 10.0. The van der Waals surface area contributed by atoms with Gasteiger partial charge in [-0.3, -0.25) is 0 Å². The predicted octanol–water partition coefficient (Wildman–Crippen LogP) is 3.03. The number of hydrogen-bond donors (Lipinski definition) is 0. The van der Waals surface area contributed by atoms with E-state index in [1.165, 1.54) is 6.20 Å². The minimum Gasteiger partial charge on any atom is -0.145 e. The van der Waals surface area contributed by atoms with Crippen LogP contribution in [0.3, 0.4) is 0 Å². The third-order valence-electron chi connectivity index (χ3n) is 1.30. The highest BCUT2D eigenvalue weighted by Gasteiger charge is 1.95. The van der Waals surface area contributed by atoms with Crippen LogP contribution >= 0.6 is 0 Å². The molecule has 0 aliphatic rings. The van der Waals surface area contributed by atoms with E-state index in [4.69, 9.17) is 0 Å². The maximum Gasteiger partial charge on any atom is 0.0717 e. The average molecular weight is 151 g/mol. The SMILES string of the molecule is C=C/C=C(\C=C/N=O)C(C)C. The summed E-state index contributed by atoms with van der Waals surface area (Å²) in [7, 11) is 0. The van der Waals surface area contributed by atoms with Crippen molar-refractivity contribution in [1.29, 1.82) is 0 Å². The second kappa shape index (κ2) is 5.59.